The lowest BCUT2D eigenvalue weighted by Gasteiger charge is -2.05. The van der Waals surface area contributed by atoms with Gasteiger partial charge < -0.3 is 10.4 Å². The van der Waals surface area contributed by atoms with Gasteiger partial charge in [0.05, 0.1) is 18.3 Å². The standard InChI is InChI=1S/C15H14N2O3/c1-10-3-2-4-11(7-10)8-14(18)17-12-5-6-13(15(19)20)16-9-12/h2-7,9H,8H2,1H3,(H,17,18)(H,19,20). The van der Waals surface area contributed by atoms with Crippen molar-refractivity contribution in [3.05, 3.63) is 59.4 Å². The lowest BCUT2D eigenvalue weighted by Crippen LogP contribution is -2.15. The highest BCUT2D eigenvalue weighted by molar-refractivity contribution is 5.92. The largest absolute Gasteiger partial charge is 0.477 e. The van der Waals surface area contributed by atoms with Crippen LogP contribution < -0.4 is 5.32 Å². The topological polar surface area (TPSA) is 79.3 Å². The van der Waals surface area contributed by atoms with Crippen molar-refractivity contribution in [1.29, 1.82) is 0 Å². The van der Waals surface area contributed by atoms with Crippen LogP contribution in [-0.2, 0) is 11.2 Å². The van der Waals surface area contributed by atoms with Gasteiger partial charge in [0.25, 0.3) is 0 Å². The van der Waals surface area contributed by atoms with E-state index in [1.54, 1.807) is 0 Å². The SMILES string of the molecule is Cc1cccc(CC(=O)Nc2ccc(C(=O)O)nc2)c1. The number of hydrogen-bond acceptors (Lipinski definition) is 3. The molecular weight excluding hydrogens is 256 g/mol. The third-order valence-corrected chi connectivity index (χ3v) is 2.71. The van der Waals surface area contributed by atoms with Gasteiger partial charge >= 0.3 is 5.97 Å². The average Bonchev–Trinajstić information content (AvgIpc) is 2.39. The first-order chi connectivity index (χ1) is 9.54. The van der Waals surface area contributed by atoms with Gasteiger partial charge in [0.15, 0.2) is 0 Å². The highest BCUT2D eigenvalue weighted by Crippen LogP contribution is 2.09. The van der Waals surface area contributed by atoms with Gasteiger partial charge in [-0.3, -0.25) is 4.79 Å². The fourth-order valence-corrected chi connectivity index (χ4v) is 1.81. The first kappa shape index (κ1) is 13.7. The molecule has 20 heavy (non-hydrogen) atoms. The summed E-state index contributed by atoms with van der Waals surface area (Å²) in [6.07, 6.45) is 1.60. The number of rotatable bonds is 4. The van der Waals surface area contributed by atoms with E-state index < -0.39 is 5.97 Å². The normalized spacial score (nSPS) is 10.1. The lowest BCUT2D eigenvalue weighted by atomic mass is 10.1. The van der Waals surface area contributed by atoms with Gasteiger partial charge in [0.1, 0.15) is 5.69 Å². The molecule has 1 aromatic heterocycles. The van der Waals surface area contributed by atoms with Crippen LogP contribution in [0.1, 0.15) is 21.6 Å². The molecule has 2 N–H and O–H groups in total. The number of pyridine rings is 1. The fraction of sp³-hybridized carbons (Fsp3) is 0.133. The van der Waals surface area contributed by atoms with Crippen LogP contribution in [0.4, 0.5) is 5.69 Å². The molecule has 0 radical (unpaired) electrons. The first-order valence-electron chi connectivity index (χ1n) is 6.09. The number of aromatic nitrogens is 1. The smallest absolute Gasteiger partial charge is 0.354 e. The van der Waals surface area contributed by atoms with Crippen molar-refractivity contribution in [3.63, 3.8) is 0 Å². The number of benzene rings is 1. The van der Waals surface area contributed by atoms with E-state index in [0.717, 1.165) is 11.1 Å². The predicted molar refractivity (Wildman–Crippen MR) is 74.7 cm³/mol. The van der Waals surface area contributed by atoms with E-state index in [2.05, 4.69) is 10.3 Å². The minimum Gasteiger partial charge on any atom is -0.477 e. The quantitative estimate of drug-likeness (QED) is 0.893. The van der Waals surface area contributed by atoms with Gasteiger partial charge in [0.2, 0.25) is 5.91 Å². The van der Waals surface area contributed by atoms with Crippen LogP contribution in [-0.4, -0.2) is 22.0 Å². The number of carboxylic acids is 1. The van der Waals surface area contributed by atoms with Crippen LogP contribution in [0.3, 0.4) is 0 Å². The molecule has 0 spiro atoms. The number of nitrogens with zero attached hydrogens (tertiary/aromatic N) is 1. The van der Waals surface area contributed by atoms with Gasteiger partial charge in [-0.1, -0.05) is 29.8 Å². The van der Waals surface area contributed by atoms with Gasteiger partial charge in [0, 0.05) is 0 Å². The maximum absolute atomic E-state index is 11.9. The molecule has 0 saturated carbocycles. The maximum Gasteiger partial charge on any atom is 0.354 e. The minimum absolute atomic E-state index is 0.0540. The monoisotopic (exact) mass is 270 g/mol. The minimum atomic E-state index is -1.09. The van der Waals surface area contributed by atoms with Crippen LogP contribution in [0.2, 0.25) is 0 Å². The van der Waals surface area contributed by atoms with E-state index in [4.69, 9.17) is 5.11 Å². The maximum atomic E-state index is 11.9. The molecule has 1 aromatic carbocycles. The molecule has 0 aliphatic rings. The number of carboxylic acid groups (broad SMARTS) is 1. The zero-order valence-electron chi connectivity index (χ0n) is 11.0. The first-order valence-corrected chi connectivity index (χ1v) is 6.09. The van der Waals surface area contributed by atoms with E-state index in [0.29, 0.717) is 5.69 Å². The average molecular weight is 270 g/mol. The summed E-state index contributed by atoms with van der Waals surface area (Å²) < 4.78 is 0. The third-order valence-electron chi connectivity index (χ3n) is 2.71. The summed E-state index contributed by atoms with van der Waals surface area (Å²) in [5.74, 6) is -1.26. The zero-order valence-corrected chi connectivity index (χ0v) is 11.0. The van der Waals surface area contributed by atoms with Crippen molar-refractivity contribution in [2.75, 3.05) is 5.32 Å². The van der Waals surface area contributed by atoms with Crippen LogP contribution in [0.5, 0.6) is 0 Å². The molecular formula is C15H14N2O3. The van der Waals surface area contributed by atoms with Crippen molar-refractivity contribution < 1.29 is 14.7 Å². The second-order valence-electron chi connectivity index (χ2n) is 4.45. The van der Waals surface area contributed by atoms with Crippen LogP contribution in [0, 0.1) is 6.92 Å². The zero-order chi connectivity index (χ0) is 14.5. The molecule has 2 aromatic rings. The summed E-state index contributed by atoms with van der Waals surface area (Å²) in [5.41, 5.74) is 2.45. The van der Waals surface area contributed by atoms with Crippen molar-refractivity contribution >= 4 is 17.6 Å². The highest BCUT2D eigenvalue weighted by Gasteiger charge is 2.07. The van der Waals surface area contributed by atoms with Crippen molar-refractivity contribution in [1.82, 2.24) is 4.98 Å². The Hall–Kier alpha value is -2.69. The van der Waals surface area contributed by atoms with Crippen molar-refractivity contribution in [2.45, 2.75) is 13.3 Å². The third kappa shape index (κ3) is 3.65. The molecule has 2 rings (SSSR count). The number of amides is 1. The molecule has 0 atom stereocenters. The van der Waals surface area contributed by atoms with Crippen LogP contribution in [0.15, 0.2) is 42.6 Å². The molecule has 1 heterocycles. The number of hydrogen-bond donors (Lipinski definition) is 2. The van der Waals surface area contributed by atoms with Crippen molar-refractivity contribution in [2.24, 2.45) is 0 Å². The van der Waals surface area contributed by atoms with E-state index in [1.807, 2.05) is 31.2 Å². The molecule has 0 unspecified atom stereocenters. The second kappa shape index (κ2) is 5.97. The summed E-state index contributed by atoms with van der Waals surface area (Å²) in [4.78, 5) is 26.3. The Labute approximate surface area is 116 Å². The number of aromatic carboxylic acids is 1. The van der Waals surface area contributed by atoms with E-state index in [-0.39, 0.29) is 18.0 Å². The Balaban J connectivity index is 1.99. The molecule has 0 bridgehead atoms. The summed E-state index contributed by atoms with van der Waals surface area (Å²) in [5, 5.41) is 11.4. The number of carbonyl (C=O) groups is 2. The summed E-state index contributed by atoms with van der Waals surface area (Å²) in [7, 11) is 0. The Morgan fingerprint density at radius 2 is 2.05 bits per heavy atom. The second-order valence-corrected chi connectivity index (χ2v) is 4.45. The molecule has 0 saturated heterocycles. The number of nitrogens with one attached hydrogen (secondary N) is 1. The molecule has 102 valence electrons. The molecule has 0 aliphatic heterocycles. The van der Waals surface area contributed by atoms with Crippen LogP contribution in [0.25, 0.3) is 0 Å². The molecule has 0 aliphatic carbocycles. The van der Waals surface area contributed by atoms with E-state index in [1.165, 1.54) is 18.3 Å². The highest BCUT2D eigenvalue weighted by atomic mass is 16.4. The summed E-state index contributed by atoms with van der Waals surface area (Å²) >= 11 is 0. The van der Waals surface area contributed by atoms with Gasteiger partial charge in [-0.05, 0) is 24.6 Å². The van der Waals surface area contributed by atoms with Crippen molar-refractivity contribution in [3.8, 4) is 0 Å². The Bertz CT molecular complexity index is 636. The lowest BCUT2D eigenvalue weighted by molar-refractivity contribution is -0.115. The molecule has 0 fully saturated rings. The van der Waals surface area contributed by atoms with E-state index in [9.17, 15) is 9.59 Å². The molecule has 1 amide bonds. The Kier molecular flexibility index (Phi) is 4.10. The molecule has 5 nitrogen and oxygen atoms in total. The Morgan fingerprint density at radius 1 is 1.25 bits per heavy atom. The van der Waals surface area contributed by atoms with Gasteiger partial charge in [-0.2, -0.15) is 0 Å². The van der Waals surface area contributed by atoms with E-state index >= 15 is 0 Å². The summed E-state index contributed by atoms with van der Waals surface area (Å²) in [6, 6.07) is 10.6. The number of carbonyl (C=O) groups excluding carboxylic acids is 1. The Morgan fingerprint density at radius 3 is 2.65 bits per heavy atom. The fourth-order valence-electron chi connectivity index (χ4n) is 1.81. The van der Waals surface area contributed by atoms with Gasteiger partial charge in [-0.25, -0.2) is 9.78 Å². The van der Waals surface area contributed by atoms with Crippen LogP contribution >= 0.6 is 0 Å². The number of anilines is 1. The number of aryl methyl sites for hydroxylation is 1. The predicted octanol–water partition coefficient (Wildman–Crippen LogP) is 2.27. The summed E-state index contributed by atoms with van der Waals surface area (Å²) in [6.45, 7) is 1.97. The molecule has 5 heteroatoms. The van der Waals surface area contributed by atoms with Gasteiger partial charge in [-0.15, -0.1) is 0 Å².